The molecule has 1 N–H and O–H groups in total. The summed E-state index contributed by atoms with van der Waals surface area (Å²) in [5, 5.41) is 14.7. The summed E-state index contributed by atoms with van der Waals surface area (Å²) in [6.07, 6.45) is 3.27. The van der Waals surface area contributed by atoms with E-state index in [1.165, 1.54) is 12.3 Å². The maximum absolute atomic E-state index is 11.7. The van der Waals surface area contributed by atoms with Crippen LogP contribution in [0.4, 0.5) is 5.69 Å². The molecule has 0 atom stereocenters. The van der Waals surface area contributed by atoms with Gasteiger partial charge in [0.2, 0.25) is 5.91 Å². The average Bonchev–Trinajstić information content (AvgIpc) is 2.85. The summed E-state index contributed by atoms with van der Waals surface area (Å²) in [6.45, 7) is 0. The molecule has 1 aromatic heterocycles. The zero-order valence-electron chi connectivity index (χ0n) is 11.4. The number of nitrogens with one attached hydrogen (secondary N) is 1. The Bertz CT molecular complexity index is 691. The summed E-state index contributed by atoms with van der Waals surface area (Å²) >= 11 is 0. The van der Waals surface area contributed by atoms with Gasteiger partial charge < -0.3 is 4.57 Å². The predicted octanol–water partition coefficient (Wildman–Crippen LogP) is 1.63. The van der Waals surface area contributed by atoms with Gasteiger partial charge in [-0.1, -0.05) is 18.2 Å². The van der Waals surface area contributed by atoms with Crippen LogP contribution in [0.15, 0.2) is 47.7 Å². The third kappa shape index (κ3) is 3.75. The van der Waals surface area contributed by atoms with Crippen LogP contribution in [0.25, 0.3) is 0 Å². The molecule has 1 aromatic carbocycles. The van der Waals surface area contributed by atoms with Crippen LogP contribution in [-0.4, -0.2) is 21.6 Å². The SMILES string of the molecule is Cn1cccc1/C=N/NC(=O)Cc1ccccc1[N+](=O)[O-]. The van der Waals surface area contributed by atoms with Crippen LogP contribution in [-0.2, 0) is 18.3 Å². The Morgan fingerprint density at radius 1 is 1.38 bits per heavy atom. The van der Waals surface area contributed by atoms with E-state index in [4.69, 9.17) is 0 Å². The Morgan fingerprint density at radius 2 is 2.14 bits per heavy atom. The summed E-state index contributed by atoms with van der Waals surface area (Å²) in [5.41, 5.74) is 3.48. The molecule has 0 fully saturated rings. The number of aryl methyl sites for hydroxylation is 1. The van der Waals surface area contributed by atoms with E-state index in [9.17, 15) is 14.9 Å². The summed E-state index contributed by atoms with van der Waals surface area (Å²) in [4.78, 5) is 22.1. The first-order valence-electron chi connectivity index (χ1n) is 6.23. The molecule has 0 saturated carbocycles. The summed E-state index contributed by atoms with van der Waals surface area (Å²) in [6, 6.07) is 9.85. The van der Waals surface area contributed by atoms with Gasteiger partial charge in [0.1, 0.15) is 0 Å². The summed E-state index contributed by atoms with van der Waals surface area (Å²) < 4.78 is 1.84. The molecule has 1 heterocycles. The highest BCUT2D eigenvalue weighted by Gasteiger charge is 2.14. The summed E-state index contributed by atoms with van der Waals surface area (Å²) in [7, 11) is 1.86. The highest BCUT2D eigenvalue weighted by atomic mass is 16.6. The van der Waals surface area contributed by atoms with Crippen molar-refractivity contribution in [2.45, 2.75) is 6.42 Å². The second kappa shape index (κ2) is 6.47. The van der Waals surface area contributed by atoms with Gasteiger partial charge in [-0.2, -0.15) is 5.10 Å². The molecule has 0 aliphatic heterocycles. The van der Waals surface area contributed by atoms with Crippen molar-refractivity contribution in [3.63, 3.8) is 0 Å². The Hall–Kier alpha value is -2.96. The topological polar surface area (TPSA) is 89.5 Å². The quantitative estimate of drug-likeness (QED) is 0.514. The molecular weight excluding hydrogens is 272 g/mol. The number of amides is 1. The normalized spacial score (nSPS) is 10.7. The first-order valence-corrected chi connectivity index (χ1v) is 6.23. The molecule has 0 bridgehead atoms. The van der Waals surface area contributed by atoms with Gasteiger partial charge in [-0.3, -0.25) is 14.9 Å². The molecule has 2 aromatic rings. The first kappa shape index (κ1) is 14.4. The van der Waals surface area contributed by atoms with Crippen LogP contribution < -0.4 is 5.43 Å². The van der Waals surface area contributed by atoms with Crippen molar-refractivity contribution in [2.24, 2.45) is 12.1 Å². The Morgan fingerprint density at radius 3 is 2.81 bits per heavy atom. The number of nitro benzene ring substituents is 1. The van der Waals surface area contributed by atoms with Gasteiger partial charge >= 0.3 is 0 Å². The predicted molar refractivity (Wildman–Crippen MR) is 78.0 cm³/mol. The van der Waals surface area contributed by atoms with Crippen molar-refractivity contribution in [1.82, 2.24) is 9.99 Å². The number of aromatic nitrogens is 1. The number of benzene rings is 1. The fraction of sp³-hybridized carbons (Fsp3) is 0.143. The van der Waals surface area contributed by atoms with E-state index >= 15 is 0 Å². The number of para-hydroxylation sites is 1. The Kier molecular flexibility index (Phi) is 4.45. The Balaban J connectivity index is 1.98. The van der Waals surface area contributed by atoms with Gasteiger partial charge in [-0.15, -0.1) is 0 Å². The third-order valence-corrected chi connectivity index (χ3v) is 2.91. The van der Waals surface area contributed by atoms with Crippen molar-refractivity contribution < 1.29 is 9.72 Å². The van der Waals surface area contributed by atoms with Crippen molar-refractivity contribution in [3.8, 4) is 0 Å². The molecule has 2 rings (SSSR count). The van der Waals surface area contributed by atoms with E-state index in [1.807, 2.05) is 29.9 Å². The van der Waals surface area contributed by atoms with E-state index in [2.05, 4.69) is 10.5 Å². The van der Waals surface area contributed by atoms with E-state index in [0.717, 1.165) is 5.69 Å². The minimum atomic E-state index is -0.504. The number of nitro groups is 1. The molecular formula is C14H14N4O3. The molecule has 7 nitrogen and oxygen atoms in total. The minimum absolute atomic E-state index is 0.0703. The zero-order valence-corrected chi connectivity index (χ0v) is 11.4. The monoisotopic (exact) mass is 286 g/mol. The lowest BCUT2D eigenvalue weighted by Gasteiger charge is -2.02. The molecule has 0 saturated heterocycles. The van der Waals surface area contributed by atoms with E-state index in [0.29, 0.717) is 5.56 Å². The van der Waals surface area contributed by atoms with Gasteiger partial charge in [0.15, 0.2) is 0 Å². The largest absolute Gasteiger partial charge is 0.350 e. The van der Waals surface area contributed by atoms with E-state index in [-0.39, 0.29) is 12.1 Å². The van der Waals surface area contributed by atoms with Crippen LogP contribution in [0, 0.1) is 10.1 Å². The number of carbonyl (C=O) groups excluding carboxylic acids is 1. The van der Waals surface area contributed by atoms with Gasteiger partial charge in [-0.05, 0) is 12.1 Å². The second-order valence-corrected chi connectivity index (χ2v) is 4.40. The van der Waals surface area contributed by atoms with E-state index in [1.54, 1.807) is 18.2 Å². The molecule has 0 radical (unpaired) electrons. The van der Waals surface area contributed by atoms with Gasteiger partial charge in [-0.25, -0.2) is 5.43 Å². The van der Waals surface area contributed by atoms with Gasteiger partial charge in [0.25, 0.3) is 5.69 Å². The molecule has 0 spiro atoms. The number of hydrogen-bond donors (Lipinski definition) is 1. The average molecular weight is 286 g/mol. The number of carbonyl (C=O) groups is 1. The number of hydrogen-bond acceptors (Lipinski definition) is 4. The lowest BCUT2D eigenvalue weighted by molar-refractivity contribution is -0.385. The molecule has 0 unspecified atom stereocenters. The van der Waals surface area contributed by atoms with Crippen LogP contribution in [0.3, 0.4) is 0 Å². The molecule has 0 aliphatic carbocycles. The second-order valence-electron chi connectivity index (χ2n) is 4.40. The zero-order chi connectivity index (χ0) is 15.2. The van der Waals surface area contributed by atoms with Crippen LogP contribution in [0.2, 0.25) is 0 Å². The highest BCUT2D eigenvalue weighted by molar-refractivity contribution is 5.82. The van der Waals surface area contributed by atoms with Gasteiger partial charge in [0, 0.05) is 24.9 Å². The minimum Gasteiger partial charge on any atom is -0.350 e. The molecule has 0 aliphatic rings. The van der Waals surface area contributed by atoms with Gasteiger partial charge in [0.05, 0.1) is 23.3 Å². The molecule has 1 amide bonds. The summed E-state index contributed by atoms with van der Waals surface area (Å²) in [5.74, 6) is -0.408. The van der Waals surface area contributed by atoms with Crippen LogP contribution in [0.5, 0.6) is 0 Å². The maximum Gasteiger partial charge on any atom is 0.273 e. The fourth-order valence-electron chi connectivity index (χ4n) is 1.83. The van der Waals surface area contributed by atoms with E-state index < -0.39 is 10.8 Å². The lowest BCUT2D eigenvalue weighted by Crippen LogP contribution is -2.20. The van der Waals surface area contributed by atoms with Crippen LogP contribution >= 0.6 is 0 Å². The first-order chi connectivity index (χ1) is 10.1. The maximum atomic E-state index is 11.7. The third-order valence-electron chi connectivity index (χ3n) is 2.91. The van der Waals surface area contributed by atoms with Crippen molar-refractivity contribution in [1.29, 1.82) is 0 Å². The van der Waals surface area contributed by atoms with Crippen LogP contribution in [0.1, 0.15) is 11.3 Å². The number of nitrogens with zero attached hydrogens (tertiary/aromatic N) is 3. The fourth-order valence-corrected chi connectivity index (χ4v) is 1.83. The highest BCUT2D eigenvalue weighted by Crippen LogP contribution is 2.17. The smallest absolute Gasteiger partial charge is 0.273 e. The number of rotatable bonds is 5. The number of hydrazone groups is 1. The van der Waals surface area contributed by atoms with Crippen molar-refractivity contribution in [2.75, 3.05) is 0 Å². The molecule has 7 heteroatoms. The van der Waals surface area contributed by atoms with Crippen molar-refractivity contribution in [3.05, 3.63) is 64.0 Å². The lowest BCUT2D eigenvalue weighted by atomic mass is 10.1. The Labute approximate surface area is 121 Å². The van der Waals surface area contributed by atoms with Crippen molar-refractivity contribution >= 4 is 17.8 Å². The standard InChI is InChI=1S/C14H14N4O3/c1-17-8-4-6-12(17)10-15-16-14(19)9-11-5-2-3-7-13(11)18(20)21/h2-8,10H,9H2,1H3,(H,16,19)/b15-10+. The molecule has 108 valence electrons. The molecule has 21 heavy (non-hydrogen) atoms.